The molecule has 0 saturated heterocycles. The quantitative estimate of drug-likeness (QED) is 0.804. The van der Waals surface area contributed by atoms with E-state index in [1.807, 2.05) is 30.3 Å². The number of rotatable bonds is 6. The Morgan fingerprint density at radius 1 is 1.14 bits per heavy atom. The fraction of sp³-hybridized carbons (Fsp3) is 0.200. The predicted molar refractivity (Wildman–Crippen MR) is 107 cm³/mol. The zero-order valence-electron chi connectivity index (χ0n) is 15.6. The first-order valence-corrected chi connectivity index (χ1v) is 10.1. The number of carbonyl (C=O) groups is 1. The van der Waals surface area contributed by atoms with Crippen molar-refractivity contribution < 1.29 is 17.9 Å². The summed E-state index contributed by atoms with van der Waals surface area (Å²) in [5.74, 6) is 0.0936. The second-order valence-corrected chi connectivity index (χ2v) is 7.80. The summed E-state index contributed by atoms with van der Waals surface area (Å²) in [4.78, 5) is 12.6. The lowest BCUT2D eigenvalue weighted by molar-refractivity contribution is -0.118. The molecular weight excluding hydrogens is 378 g/mol. The van der Waals surface area contributed by atoms with Crippen LogP contribution in [0.3, 0.4) is 0 Å². The monoisotopic (exact) mass is 399 g/mol. The molecule has 1 aliphatic rings. The molecule has 1 amide bonds. The zero-order chi connectivity index (χ0) is 20.1. The summed E-state index contributed by atoms with van der Waals surface area (Å²) in [6, 6.07) is 16.6. The molecule has 3 rings (SSSR count). The van der Waals surface area contributed by atoms with Crippen LogP contribution in [0.1, 0.15) is 11.1 Å². The summed E-state index contributed by atoms with van der Waals surface area (Å²) in [5.41, 5.74) is 1.83. The molecule has 1 aliphatic heterocycles. The topological polar surface area (TPSA) is 88.1 Å². The van der Waals surface area contributed by atoms with Crippen LogP contribution >= 0.6 is 0 Å². The third kappa shape index (κ3) is 4.40. The molecule has 0 atom stereocenters. The van der Waals surface area contributed by atoms with Crippen LogP contribution in [0.15, 0.2) is 70.8 Å². The van der Waals surface area contributed by atoms with Gasteiger partial charge in [-0.25, -0.2) is 4.31 Å². The van der Waals surface area contributed by atoms with Crippen molar-refractivity contribution in [3.63, 3.8) is 0 Å². The van der Waals surface area contributed by atoms with E-state index >= 15 is 0 Å². The molecule has 0 fully saturated rings. The van der Waals surface area contributed by atoms with E-state index in [-0.39, 0.29) is 11.4 Å². The van der Waals surface area contributed by atoms with Gasteiger partial charge in [0, 0.05) is 19.2 Å². The van der Waals surface area contributed by atoms with Crippen LogP contribution in [0.5, 0.6) is 5.75 Å². The van der Waals surface area contributed by atoms with Crippen LogP contribution in [0.25, 0.3) is 0 Å². The van der Waals surface area contributed by atoms with Gasteiger partial charge in [-0.2, -0.15) is 8.42 Å². The number of ether oxygens (including phenoxy) is 1. The van der Waals surface area contributed by atoms with Gasteiger partial charge in [0.25, 0.3) is 5.91 Å². The van der Waals surface area contributed by atoms with Crippen LogP contribution in [0.2, 0.25) is 0 Å². The number of amides is 1. The molecule has 0 bridgehead atoms. The minimum atomic E-state index is -4.00. The van der Waals surface area contributed by atoms with Gasteiger partial charge in [0.1, 0.15) is 11.4 Å². The largest absolute Gasteiger partial charge is 0.497 e. The first-order chi connectivity index (χ1) is 13.4. The second kappa shape index (κ2) is 8.26. The maximum Gasteiger partial charge on any atom is 0.345 e. The van der Waals surface area contributed by atoms with Crippen molar-refractivity contribution in [1.29, 1.82) is 0 Å². The highest BCUT2D eigenvalue weighted by Gasteiger charge is 2.29. The molecule has 0 aromatic heterocycles. The summed E-state index contributed by atoms with van der Waals surface area (Å²) >= 11 is 0. The molecule has 0 unspecified atom stereocenters. The van der Waals surface area contributed by atoms with Gasteiger partial charge in [0.15, 0.2) is 0 Å². The molecule has 1 heterocycles. The van der Waals surface area contributed by atoms with Crippen molar-refractivity contribution in [2.75, 3.05) is 20.7 Å². The Morgan fingerprint density at radius 2 is 1.89 bits per heavy atom. The van der Waals surface area contributed by atoms with E-state index in [1.165, 1.54) is 20.2 Å². The van der Waals surface area contributed by atoms with Gasteiger partial charge >= 0.3 is 10.2 Å². The van der Waals surface area contributed by atoms with Gasteiger partial charge in [0.05, 0.1) is 12.8 Å². The van der Waals surface area contributed by atoms with E-state index in [4.69, 9.17) is 4.74 Å². The molecule has 28 heavy (non-hydrogen) atoms. The summed E-state index contributed by atoms with van der Waals surface area (Å²) in [6.45, 7) is 0.389. The van der Waals surface area contributed by atoms with Crippen LogP contribution < -0.4 is 10.1 Å². The minimum absolute atomic E-state index is 0.0147. The van der Waals surface area contributed by atoms with Crippen molar-refractivity contribution in [3.05, 3.63) is 77.5 Å². The van der Waals surface area contributed by atoms with Gasteiger partial charge in [-0.15, -0.1) is 4.40 Å². The van der Waals surface area contributed by atoms with Gasteiger partial charge < -0.3 is 10.1 Å². The minimum Gasteiger partial charge on any atom is -0.497 e. The molecule has 1 N–H and O–H groups in total. The van der Waals surface area contributed by atoms with E-state index < -0.39 is 16.1 Å². The Hall–Kier alpha value is -3.13. The normalized spacial score (nSPS) is 15.4. The Morgan fingerprint density at radius 3 is 2.61 bits per heavy atom. The molecular formula is C20H21N3O4S. The molecule has 0 spiro atoms. The Bertz CT molecular complexity index is 1030. The van der Waals surface area contributed by atoms with E-state index in [9.17, 15) is 13.2 Å². The van der Waals surface area contributed by atoms with Crippen LogP contribution in [0.4, 0.5) is 0 Å². The summed E-state index contributed by atoms with van der Waals surface area (Å²) in [7, 11) is -1.17. The zero-order valence-corrected chi connectivity index (χ0v) is 16.4. The molecule has 7 nitrogen and oxygen atoms in total. The molecule has 2 aromatic rings. The molecule has 0 aliphatic carbocycles. The number of allylic oxidation sites excluding steroid dienone is 1. The number of likely N-dealkylation sites (N-methyl/N-ethyl adjacent to an activating group) is 1. The Labute approximate surface area is 164 Å². The molecule has 2 aromatic carbocycles. The van der Waals surface area contributed by atoms with Crippen molar-refractivity contribution in [3.8, 4) is 5.75 Å². The van der Waals surface area contributed by atoms with E-state index in [1.54, 1.807) is 24.3 Å². The fourth-order valence-corrected chi connectivity index (χ4v) is 3.65. The number of nitrogens with zero attached hydrogens (tertiary/aromatic N) is 2. The Kier molecular flexibility index (Phi) is 5.79. The number of methoxy groups -OCH3 is 1. The number of carbonyl (C=O) groups excluding carboxylic acids is 1. The summed E-state index contributed by atoms with van der Waals surface area (Å²) < 4.78 is 34.7. The number of hydrogen-bond acceptors (Lipinski definition) is 4. The third-order valence-electron chi connectivity index (χ3n) is 4.31. The van der Waals surface area contributed by atoms with Crippen LogP contribution in [0, 0.1) is 0 Å². The van der Waals surface area contributed by atoms with E-state index in [0.29, 0.717) is 24.3 Å². The number of hydrogen-bond donors (Lipinski definition) is 1. The maximum atomic E-state index is 12.6. The van der Waals surface area contributed by atoms with Crippen molar-refractivity contribution in [2.45, 2.75) is 6.42 Å². The lowest BCUT2D eigenvalue weighted by atomic mass is 10.1. The fourth-order valence-electron chi connectivity index (χ4n) is 2.74. The Balaban J connectivity index is 1.80. The highest BCUT2D eigenvalue weighted by atomic mass is 32.2. The van der Waals surface area contributed by atoms with Crippen molar-refractivity contribution in [2.24, 2.45) is 4.40 Å². The first-order valence-electron chi connectivity index (χ1n) is 8.68. The van der Waals surface area contributed by atoms with Crippen LogP contribution in [-0.4, -0.2) is 45.0 Å². The second-order valence-electron chi connectivity index (χ2n) is 6.17. The standard InChI is InChI=1S/C20H21N3O4S/c1-23-19(20(24)21-12-11-15-7-4-3-5-8-15)14-18(22-28(23,25)26)16-9-6-10-17(13-16)27-2/h3-10,13-14H,11-12H2,1-2H3,(H,21,24). The summed E-state index contributed by atoms with van der Waals surface area (Å²) in [5, 5.41) is 2.77. The first kappa shape index (κ1) is 19.6. The lowest BCUT2D eigenvalue weighted by Gasteiger charge is -2.23. The van der Waals surface area contributed by atoms with E-state index in [2.05, 4.69) is 9.71 Å². The average Bonchev–Trinajstić information content (AvgIpc) is 2.70. The van der Waals surface area contributed by atoms with Crippen molar-refractivity contribution in [1.82, 2.24) is 9.62 Å². The third-order valence-corrected chi connectivity index (χ3v) is 5.63. The predicted octanol–water partition coefficient (Wildman–Crippen LogP) is 1.92. The number of benzene rings is 2. The summed E-state index contributed by atoms with van der Waals surface area (Å²) in [6.07, 6.45) is 2.11. The van der Waals surface area contributed by atoms with Gasteiger partial charge in [-0.05, 0) is 30.2 Å². The smallest absolute Gasteiger partial charge is 0.345 e. The highest BCUT2D eigenvalue weighted by molar-refractivity contribution is 7.88. The van der Waals surface area contributed by atoms with Crippen LogP contribution in [-0.2, 0) is 21.4 Å². The van der Waals surface area contributed by atoms with Gasteiger partial charge in [-0.1, -0.05) is 42.5 Å². The SMILES string of the molecule is COc1cccc(C2=NS(=O)(=O)N(C)C(C(=O)NCCc3ccccc3)=C2)c1. The molecule has 146 valence electrons. The maximum absolute atomic E-state index is 12.6. The van der Waals surface area contributed by atoms with Gasteiger partial charge in [-0.3, -0.25) is 4.79 Å². The molecule has 0 radical (unpaired) electrons. The lowest BCUT2D eigenvalue weighted by Crippen LogP contribution is -2.39. The molecule has 0 saturated carbocycles. The van der Waals surface area contributed by atoms with Gasteiger partial charge in [0.2, 0.25) is 0 Å². The number of nitrogens with one attached hydrogen (secondary N) is 1. The van der Waals surface area contributed by atoms with E-state index in [0.717, 1.165) is 9.87 Å². The van der Waals surface area contributed by atoms with Crippen molar-refractivity contribution >= 4 is 21.8 Å². The average molecular weight is 399 g/mol. The highest BCUT2D eigenvalue weighted by Crippen LogP contribution is 2.21. The molecule has 8 heteroatoms.